The summed E-state index contributed by atoms with van der Waals surface area (Å²) in [5.74, 6) is -0.549. The average molecular weight is 389 g/mol. The lowest BCUT2D eigenvalue weighted by Crippen LogP contribution is -2.36. The topological polar surface area (TPSA) is 87.3 Å². The predicted octanol–water partition coefficient (Wildman–Crippen LogP) is 4.22. The zero-order valence-electron chi connectivity index (χ0n) is 16.1. The molecule has 1 aliphatic carbocycles. The third-order valence-corrected chi connectivity index (χ3v) is 5.76. The van der Waals surface area contributed by atoms with E-state index < -0.39 is 5.41 Å². The molecule has 1 saturated carbocycles. The number of anilines is 3. The zero-order chi connectivity index (χ0) is 20.4. The van der Waals surface area contributed by atoms with Crippen molar-refractivity contribution in [1.82, 2.24) is 0 Å². The molecule has 1 heterocycles. The van der Waals surface area contributed by atoms with Crippen molar-refractivity contribution < 1.29 is 14.4 Å². The van der Waals surface area contributed by atoms with Crippen LogP contribution >= 0.6 is 0 Å². The molecule has 2 aromatic rings. The normalized spacial score (nSPS) is 16.6. The van der Waals surface area contributed by atoms with E-state index >= 15 is 0 Å². The molecule has 0 unspecified atom stereocenters. The molecule has 2 aliphatic rings. The molecule has 4 rings (SSSR count). The summed E-state index contributed by atoms with van der Waals surface area (Å²) >= 11 is 0. The van der Waals surface area contributed by atoms with E-state index in [4.69, 9.17) is 0 Å². The Hall–Kier alpha value is -3.41. The lowest BCUT2D eigenvalue weighted by Gasteiger charge is -2.31. The van der Waals surface area contributed by atoms with Gasteiger partial charge in [-0.05, 0) is 60.9 Å². The molecule has 0 atom stereocenters. The van der Waals surface area contributed by atoms with Crippen LogP contribution in [0.3, 0.4) is 0 Å². The van der Waals surface area contributed by atoms with E-state index in [2.05, 4.69) is 22.5 Å². The molecular weight excluding hydrogens is 366 g/mol. The van der Waals surface area contributed by atoms with Crippen molar-refractivity contribution in [2.75, 3.05) is 16.0 Å². The minimum absolute atomic E-state index is 0.0707. The molecule has 6 heteroatoms. The highest BCUT2D eigenvalue weighted by Crippen LogP contribution is 2.48. The summed E-state index contributed by atoms with van der Waals surface area (Å²) in [4.78, 5) is 36.9. The van der Waals surface area contributed by atoms with Crippen LogP contribution < -0.4 is 16.0 Å². The minimum atomic E-state index is -0.469. The van der Waals surface area contributed by atoms with Crippen LogP contribution in [-0.2, 0) is 15.0 Å². The van der Waals surface area contributed by atoms with Gasteiger partial charge in [0.25, 0.3) is 5.91 Å². The van der Waals surface area contributed by atoms with Gasteiger partial charge in [0.15, 0.2) is 0 Å². The molecule has 1 fully saturated rings. The summed E-state index contributed by atoms with van der Waals surface area (Å²) in [6.07, 6.45) is 6.08. The first kappa shape index (κ1) is 18.9. The number of carbonyl (C=O) groups is 3. The van der Waals surface area contributed by atoms with Gasteiger partial charge in [-0.1, -0.05) is 31.9 Å². The number of nitrogens with one attached hydrogen (secondary N) is 3. The smallest absolute Gasteiger partial charge is 0.255 e. The van der Waals surface area contributed by atoms with Gasteiger partial charge in [-0.15, -0.1) is 0 Å². The van der Waals surface area contributed by atoms with E-state index in [1.807, 2.05) is 12.1 Å². The van der Waals surface area contributed by atoms with Crippen molar-refractivity contribution in [1.29, 1.82) is 0 Å². The van der Waals surface area contributed by atoms with Crippen molar-refractivity contribution in [2.24, 2.45) is 0 Å². The number of carbonyl (C=O) groups excluding carboxylic acids is 3. The third kappa shape index (κ3) is 3.53. The Bertz CT molecular complexity index is 1010. The van der Waals surface area contributed by atoms with Crippen LogP contribution in [0.15, 0.2) is 55.1 Å². The Labute approximate surface area is 169 Å². The Morgan fingerprint density at radius 1 is 1.00 bits per heavy atom. The maximum Gasteiger partial charge on any atom is 0.255 e. The number of hydrogen-bond donors (Lipinski definition) is 3. The van der Waals surface area contributed by atoms with Crippen LogP contribution in [0.4, 0.5) is 17.1 Å². The zero-order valence-corrected chi connectivity index (χ0v) is 16.1. The van der Waals surface area contributed by atoms with Gasteiger partial charge in [0.05, 0.1) is 5.41 Å². The monoisotopic (exact) mass is 389 g/mol. The summed E-state index contributed by atoms with van der Waals surface area (Å²) in [5, 5.41) is 8.56. The van der Waals surface area contributed by atoms with Crippen LogP contribution in [-0.4, -0.2) is 17.7 Å². The van der Waals surface area contributed by atoms with Crippen molar-refractivity contribution in [3.05, 3.63) is 66.2 Å². The molecule has 0 saturated heterocycles. The molecule has 0 bridgehead atoms. The van der Waals surface area contributed by atoms with Gasteiger partial charge in [0.1, 0.15) is 0 Å². The molecule has 3 N–H and O–H groups in total. The quantitative estimate of drug-likeness (QED) is 0.684. The first-order valence-corrected chi connectivity index (χ1v) is 9.83. The maximum atomic E-state index is 12.7. The third-order valence-electron chi connectivity index (χ3n) is 5.76. The molecule has 0 aromatic heterocycles. The Morgan fingerprint density at radius 3 is 2.52 bits per heavy atom. The Morgan fingerprint density at radius 2 is 1.76 bits per heavy atom. The number of hydrogen-bond acceptors (Lipinski definition) is 3. The second kappa shape index (κ2) is 7.54. The molecule has 2 aromatic carbocycles. The fourth-order valence-electron chi connectivity index (χ4n) is 4.28. The largest absolute Gasteiger partial charge is 0.325 e. The molecular formula is C23H23N3O3. The summed E-state index contributed by atoms with van der Waals surface area (Å²) < 4.78 is 0. The maximum absolute atomic E-state index is 12.7. The van der Waals surface area contributed by atoms with Gasteiger partial charge >= 0.3 is 0 Å². The predicted molar refractivity (Wildman–Crippen MR) is 113 cm³/mol. The molecule has 1 spiro atoms. The van der Waals surface area contributed by atoms with E-state index in [1.165, 1.54) is 6.08 Å². The first-order valence-electron chi connectivity index (χ1n) is 9.83. The van der Waals surface area contributed by atoms with Gasteiger partial charge in [-0.2, -0.15) is 0 Å². The average Bonchev–Trinajstić information content (AvgIpc) is 2.99. The molecule has 0 radical (unpaired) electrons. The molecule has 1 aliphatic heterocycles. The van der Waals surface area contributed by atoms with Crippen LogP contribution in [0.5, 0.6) is 0 Å². The lowest BCUT2D eigenvalue weighted by atomic mass is 9.70. The number of rotatable bonds is 4. The van der Waals surface area contributed by atoms with E-state index in [0.717, 1.165) is 43.4 Å². The van der Waals surface area contributed by atoms with Crippen molar-refractivity contribution >= 4 is 34.8 Å². The molecule has 3 amide bonds. The standard InChI is InChI=1S/C23H23N3O3/c1-2-20(27)24-16-8-6-7-15(13-16)21(28)25-17-9-10-19-18(14-17)23(22(29)26-19)11-4-3-5-12-23/h2,6-10,13-14H,1,3-5,11-12H2,(H,24,27)(H,25,28)(H,26,29). The minimum Gasteiger partial charge on any atom is -0.325 e. The summed E-state index contributed by atoms with van der Waals surface area (Å²) in [7, 11) is 0. The van der Waals surface area contributed by atoms with Crippen LogP contribution in [0.25, 0.3) is 0 Å². The van der Waals surface area contributed by atoms with E-state index in [0.29, 0.717) is 16.9 Å². The Balaban J connectivity index is 1.56. The van der Waals surface area contributed by atoms with Crippen molar-refractivity contribution in [2.45, 2.75) is 37.5 Å². The van der Waals surface area contributed by atoms with Gasteiger partial charge < -0.3 is 16.0 Å². The second-order valence-corrected chi connectivity index (χ2v) is 7.59. The highest BCUT2D eigenvalue weighted by Gasteiger charge is 2.47. The van der Waals surface area contributed by atoms with Crippen LogP contribution in [0.1, 0.15) is 48.0 Å². The van der Waals surface area contributed by atoms with E-state index in [1.54, 1.807) is 30.3 Å². The fraction of sp³-hybridized carbons (Fsp3) is 0.261. The summed E-state index contributed by atoms with van der Waals surface area (Å²) in [6, 6.07) is 12.3. The van der Waals surface area contributed by atoms with Crippen molar-refractivity contribution in [3.8, 4) is 0 Å². The van der Waals surface area contributed by atoms with E-state index in [9.17, 15) is 14.4 Å². The number of fused-ring (bicyclic) bond motifs is 2. The summed E-state index contributed by atoms with van der Waals surface area (Å²) in [6.45, 7) is 3.42. The van der Waals surface area contributed by atoms with Crippen LogP contribution in [0, 0.1) is 0 Å². The van der Waals surface area contributed by atoms with Gasteiger partial charge in [0, 0.05) is 22.6 Å². The molecule has 148 valence electrons. The Kier molecular flexibility index (Phi) is 4.92. The lowest BCUT2D eigenvalue weighted by molar-refractivity contribution is -0.122. The highest BCUT2D eigenvalue weighted by atomic mass is 16.2. The first-order chi connectivity index (χ1) is 14.0. The fourth-order valence-corrected chi connectivity index (χ4v) is 4.28. The highest BCUT2D eigenvalue weighted by molar-refractivity contribution is 6.09. The number of benzene rings is 2. The van der Waals surface area contributed by atoms with Gasteiger partial charge in [-0.25, -0.2) is 0 Å². The van der Waals surface area contributed by atoms with Crippen molar-refractivity contribution in [3.63, 3.8) is 0 Å². The SMILES string of the molecule is C=CC(=O)Nc1cccc(C(=O)Nc2ccc3c(c2)C2(CCCCC2)C(=O)N3)c1. The van der Waals surface area contributed by atoms with Gasteiger partial charge in [0.2, 0.25) is 11.8 Å². The van der Waals surface area contributed by atoms with E-state index in [-0.39, 0.29) is 17.7 Å². The molecule has 29 heavy (non-hydrogen) atoms. The van der Waals surface area contributed by atoms with Gasteiger partial charge in [-0.3, -0.25) is 14.4 Å². The van der Waals surface area contributed by atoms with Crippen LogP contribution in [0.2, 0.25) is 0 Å². The number of amides is 3. The second-order valence-electron chi connectivity index (χ2n) is 7.59. The molecule has 6 nitrogen and oxygen atoms in total. The summed E-state index contributed by atoms with van der Waals surface area (Å²) in [5.41, 5.74) is 2.94.